The maximum absolute atomic E-state index is 13.1. The molecule has 3 rings (SSSR count). The van der Waals surface area contributed by atoms with Crippen molar-refractivity contribution in [2.45, 2.75) is 52.7 Å². The molecule has 1 aromatic heterocycles. The van der Waals surface area contributed by atoms with Crippen molar-refractivity contribution < 1.29 is 4.79 Å². The van der Waals surface area contributed by atoms with Gasteiger partial charge in [-0.15, -0.1) is 0 Å². The van der Waals surface area contributed by atoms with Gasteiger partial charge in [0.05, 0.1) is 11.2 Å². The van der Waals surface area contributed by atoms with Gasteiger partial charge in [0.1, 0.15) is 6.04 Å². The van der Waals surface area contributed by atoms with Gasteiger partial charge in [-0.1, -0.05) is 53.6 Å². The second-order valence-corrected chi connectivity index (χ2v) is 8.55. The number of aromatic nitrogens is 2. The van der Waals surface area contributed by atoms with Crippen LogP contribution in [0.2, 0.25) is 5.02 Å². The lowest BCUT2D eigenvalue weighted by atomic mass is 9.92. The summed E-state index contributed by atoms with van der Waals surface area (Å²) in [5.41, 5.74) is 3.02. The number of hydrogen-bond donors (Lipinski definition) is 1. The zero-order chi connectivity index (χ0) is 22.1. The topological polar surface area (TPSA) is 56.0 Å². The van der Waals surface area contributed by atoms with Crippen molar-refractivity contribution in [2.24, 2.45) is 0 Å². The minimum absolute atomic E-state index is 0.209. The lowest BCUT2D eigenvalue weighted by molar-refractivity contribution is -0.125. The molecule has 1 atom stereocenters. The molecule has 0 saturated carbocycles. The maximum atomic E-state index is 13.1. The Hall–Kier alpha value is -2.79. The number of amides is 1. The molecule has 1 unspecified atom stereocenters. The number of nitrogens with one attached hydrogen (secondary N) is 1. The van der Waals surface area contributed by atoms with Crippen LogP contribution in [0.25, 0.3) is 11.3 Å². The Morgan fingerprint density at radius 3 is 2.43 bits per heavy atom. The van der Waals surface area contributed by atoms with E-state index in [1.807, 2.05) is 58.0 Å². The number of rotatable bonds is 6. The molecule has 0 aliphatic carbocycles. The van der Waals surface area contributed by atoms with Crippen LogP contribution in [0, 0.1) is 6.92 Å². The summed E-state index contributed by atoms with van der Waals surface area (Å²) in [4.78, 5) is 26.1. The molecule has 1 amide bonds. The summed E-state index contributed by atoms with van der Waals surface area (Å²) >= 11 is 6.00. The van der Waals surface area contributed by atoms with Gasteiger partial charge in [-0.3, -0.25) is 13.9 Å². The summed E-state index contributed by atoms with van der Waals surface area (Å²) in [6, 6.07) is 14.7. The molecule has 0 saturated heterocycles. The summed E-state index contributed by atoms with van der Waals surface area (Å²) in [7, 11) is 0. The number of carbonyl (C=O) groups is 1. The van der Waals surface area contributed by atoms with Crippen molar-refractivity contribution in [1.82, 2.24) is 14.5 Å². The van der Waals surface area contributed by atoms with Gasteiger partial charge in [0, 0.05) is 17.8 Å². The first kappa shape index (κ1) is 21.9. The summed E-state index contributed by atoms with van der Waals surface area (Å²) in [6.45, 7) is 10.1. The Kier molecular flexibility index (Phi) is 6.22. The SMILES string of the molecule is CCn1c(-c2ccc(Cl)cc2)cn(C(C)C(=O)NC(C)(C)c2cccc(C)c2)c1=O. The molecule has 2 aromatic carbocycles. The standard InChI is InChI=1S/C24H28ClN3O2/c1-6-27-21(18-10-12-20(25)13-11-18)15-28(23(27)30)17(3)22(29)26-24(4,5)19-9-7-8-16(2)14-19/h7-15,17H,6H2,1-5H3,(H,26,29). The van der Waals surface area contributed by atoms with Crippen LogP contribution in [0.5, 0.6) is 0 Å². The van der Waals surface area contributed by atoms with E-state index in [9.17, 15) is 9.59 Å². The molecule has 0 aliphatic rings. The van der Waals surface area contributed by atoms with Crippen LogP contribution in [-0.2, 0) is 16.9 Å². The van der Waals surface area contributed by atoms with Gasteiger partial charge in [-0.2, -0.15) is 0 Å². The highest BCUT2D eigenvalue weighted by atomic mass is 35.5. The highest BCUT2D eigenvalue weighted by molar-refractivity contribution is 6.30. The molecular weight excluding hydrogens is 398 g/mol. The molecule has 0 radical (unpaired) electrons. The van der Waals surface area contributed by atoms with Crippen LogP contribution in [0.4, 0.5) is 0 Å². The van der Waals surface area contributed by atoms with Crippen LogP contribution < -0.4 is 11.0 Å². The third-order valence-corrected chi connectivity index (χ3v) is 5.68. The molecule has 1 heterocycles. The van der Waals surface area contributed by atoms with E-state index in [0.717, 1.165) is 22.4 Å². The molecule has 0 bridgehead atoms. The van der Waals surface area contributed by atoms with Crippen molar-refractivity contribution in [3.8, 4) is 11.3 Å². The fraction of sp³-hybridized carbons (Fsp3) is 0.333. The lowest BCUT2D eigenvalue weighted by Crippen LogP contribution is -2.45. The van der Waals surface area contributed by atoms with Gasteiger partial charge in [-0.25, -0.2) is 4.79 Å². The second kappa shape index (κ2) is 8.52. The molecule has 3 aromatic rings. The van der Waals surface area contributed by atoms with Crippen molar-refractivity contribution in [3.05, 3.63) is 81.4 Å². The average molecular weight is 426 g/mol. The summed E-state index contributed by atoms with van der Waals surface area (Å²) in [6.07, 6.45) is 1.75. The Balaban J connectivity index is 1.91. The molecule has 158 valence electrons. The van der Waals surface area contributed by atoms with E-state index in [-0.39, 0.29) is 11.6 Å². The number of imidazole rings is 1. The normalized spacial score (nSPS) is 12.6. The number of carbonyl (C=O) groups excluding carboxylic acids is 1. The van der Waals surface area contributed by atoms with Crippen LogP contribution in [0.3, 0.4) is 0 Å². The van der Waals surface area contributed by atoms with E-state index in [4.69, 9.17) is 11.6 Å². The molecule has 1 N–H and O–H groups in total. The van der Waals surface area contributed by atoms with Crippen LogP contribution in [0.15, 0.2) is 59.5 Å². The van der Waals surface area contributed by atoms with Crippen LogP contribution in [0.1, 0.15) is 44.9 Å². The Labute approximate surface area is 182 Å². The second-order valence-electron chi connectivity index (χ2n) is 8.12. The van der Waals surface area contributed by atoms with Gasteiger partial charge < -0.3 is 5.32 Å². The lowest BCUT2D eigenvalue weighted by Gasteiger charge is -2.29. The minimum Gasteiger partial charge on any atom is -0.345 e. The third kappa shape index (κ3) is 4.36. The van der Waals surface area contributed by atoms with Crippen molar-refractivity contribution in [1.29, 1.82) is 0 Å². The minimum atomic E-state index is -0.652. The Morgan fingerprint density at radius 1 is 1.17 bits per heavy atom. The number of hydrogen-bond acceptors (Lipinski definition) is 2. The third-order valence-electron chi connectivity index (χ3n) is 5.43. The number of aryl methyl sites for hydroxylation is 1. The van der Waals surface area contributed by atoms with E-state index in [0.29, 0.717) is 11.6 Å². The fourth-order valence-corrected chi connectivity index (χ4v) is 3.70. The summed E-state index contributed by atoms with van der Waals surface area (Å²) < 4.78 is 3.16. The first-order valence-corrected chi connectivity index (χ1v) is 10.5. The predicted octanol–water partition coefficient (Wildman–Crippen LogP) is 4.91. The maximum Gasteiger partial charge on any atom is 0.329 e. The van der Waals surface area contributed by atoms with Gasteiger partial charge in [0.25, 0.3) is 0 Å². The smallest absolute Gasteiger partial charge is 0.329 e. The van der Waals surface area contributed by atoms with E-state index < -0.39 is 11.6 Å². The first-order chi connectivity index (χ1) is 14.1. The van der Waals surface area contributed by atoms with Gasteiger partial charge in [0.2, 0.25) is 5.91 Å². The van der Waals surface area contributed by atoms with Crippen LogP contribution in [-0.4, -0.2) is 15.0 Å². The van der Waals surface area contributed by atoms with E-state index in [2.05, 4.69) is 11.4 Å². The Morgan fingerprint density at radius 2 is 1.83 bits per heavy atom. The first-order valence-electron chi connectivity index (χ1n) is 10.1. The van der Waals surface area contributed by atoms with Gasteiger partial charge in [0.15, 0.2) is 0 Å². The monoisotopic (exact) mass is 425 g/mol. The van der Waals surface area contributed by atoms with E-state index >= 15 is 0 Å². The highest BCUT2D eigenvalue weighted by Crippen LogP contribution is 2.24. The van der Waals surface area contributed by atoms with Crippen molar-refractivity contribution in [3.63, 3.8) is 0 Å². The van der Waals surface area contributed by atoms with Crippen LogP contribution >= 0.6 is 11.6 Å². The predicted molar refractivity (Wildman–Crippen MR) is 122 cm³/mol. The molecule has 6 heteroatoms. The van der Waals surface area contributed by atoms with Gasteiger partial charge in [-0.05, 0) is 57.9 Å². The molecule has 5 nitrogen and oxygen atoms in total. The number of nitrogens with zero attached hydrogens (tertiary/aromatic N) is 2. The summed E-state index contributed by atoms with van der Waals surface area (Å²) in [5.74, 6) is -0.209. The zero-order valence-corrected chi connectivity index (χ0v) is 18.8. The molecule has 0 fully saturated rings. The Bertz CT molecular complexity index is 1110. The van der Waals surface area contributed by atoms with Crippen molar-refractivity contribution >= 4 is 17.5 Å². The molecule has 0 aliphatic heterocycles. The van der Waals surface area contributed by atoms with Crippen molar-refractivity contribution in [2.75, 3.05) is 0 Å². The average Bonchev–Trinajstić information content (AvgIpc) is 3.03. The molecular formula is C24H28ClN3O2. The fourth-order valence-electron chi connectivity index (χ4n) is 3.58. The van der Waals surface area contributed by atoms with E-state index in [1.54, 1.807) is 29.8 Å². The zero-order valence-electron chi connectivity index (χ0n) is 18.1. The summed E-state index contributed by atoms with van der Waals surface area (Å²) in [5, 5.41) is 3.73. The molecule has 30 heavy (non-hydrogen) atoms. The van der Waals surface area contributed by atoms with Gasteiger partial charge >= 0.3 is 5.69 Å². The number of benzene rings is 2. The molecule has 0 spiro atoms. The highest BCUT2D eigenvalue weighted by Gasteiger charge is 2.28. The largest absolute Gasteiger partial charge is 0.345 e. The quantitative estimate of drug-likeness (QED) is 0.610. The number of halogens is 1. The van der Waals surface area contributed by atoms with E-state index in [1.165, 1.54) is 4.57 Å².